The van der Waals surface area contributed by atoms with E-state index in [0.29, 0.717) is 15.5 Å². The monoisotopic (exact) mass is 356 g/mol. The number of esters is 1. The second kappa shape index (κ2) is 6.99. The number of thiophene rings is 1. The number of rotatable bonds is 4. The molecule has 0 radical (unpaired) electrons. The van der Waals surface area contributed by atoms with Crippen LogP contribution in [-0.2, 0) is 4.74 Å². The van der Waals surface area contributed by atoms with Gasteiger partial charge in [-0.1, -0.05) is 29.8 Å². The van der Waals surface area contributed by atoms with E-state index in [0.717, 1.165) is 15.6 Å². The van der Waals surface area contributed by atoms with Crippen molar-refractivity contribution in [2.45, 2.75) is 0 Å². The average molecular weight is 357 g/mol. The summed E-state index contributed by atoms with van der Waals surface area (Å²) in [6.07, 6.45) is 3.21. The molecule has 0 saturated carbocycles. The third-order valence-corrected chi connectivity index (χ3v) is 4.97. The van der Waals surface area contributed by atoms with Crippen LogP contribution in [0.1, 0.15) is 25.6 Å². The summed E-state index contributed by atoms with van der Waals surface area (Å²) in [7, 11) is 1.34. The number of hydrogen-bond acceptors (Lipinski definition) is 4. The lowest BCUT2D eigenvalue weighted by molar-refractivity contribution is 0.0601. The molecule has 0 atom stereocenters. The number of carbonyl (C=O) groups is 2. The van der Waals surface area contributed by atoms with Gasteiger partial charge in [0.15, 0.2) is 5.78 Å². The number of fused-ring (bicyclic) bond motifs is 1. The molecule has 120 valence electrons. The van der Waals surface area contributed by atoms with Gasteiger partial charge in [-0.3, -0.25) is 4.79 Å². The Morgan fingerprint density at radius 2 is 1.92 bits per heavy atom. The van der Waals surface area contributed by atoms with Gasteiger partial charge in [0.25, 0.3) is 0 Å². The predicted molar refractivity (Wildman–Crippen MR) is 98.0 cm³/mol. The topological polar surface area (TPSA) is 43.4 Å². The first kappa shape index (κ1) is 16.4. The van der Waals surface area contributed by atoms with Crippen LogP contribution < -0.4 is 0 Å². The summed E-state index contributed by atoms with van der Waals surface area (Å²) in [6, 6.07) is 14.4. The van der Waals surface area contributed by atoms with Gasteiger partial charge in [-0.25, -0.2) is 4.79 Å². The Balaban J connectivity index is 1.87. The maximum absolute atomic E-state index is 12.4. The molecule has 0 fully saturated rings. The zero-order chi connectivity index (χ0) is 17.1. The summed E-state index contributed by atoms with van der Waals surface area (Å²) in [4.78, 5) is 24.5. The average Bonchev–Trinajstić information content (AvgIpc) is 3.03. The molecular weight excluding hydrogens is 344 g/mol. The van der Waals surface area contributed by atoms with Gasteiger partial charge in [0.05, 0.1) is 17.6 Å². The molecule has 0 aliphatic rings. The molecule has 1 aromatic heterocycles. The van der Waals surface area contributed by atoms with E-state index in [4.69, 9.17) is 16.3 Å². The Kier molecular flexibility index (Phi) is 4.79. The van der Waals surface area contributed by atoms with Gasteiger partial charge >= 0.3 is 5.97 Å². The Morgan fingerprint density at radius 3 is 2.67 bits per heavy atom. The van der Waals surface area contributed by atoms with Crippen molar-refractivity contribution in [3.8, 4) is 0 Å². The third-order valence-electron chi connectivity index (χ3n) is 3.50. The zero-order valence-electron chi connectivity index (χ0n) is 12.8. The highest BCUT2D eigenvalue weighted by Gasteiger charge is 2.11. The first-order valence-electron chi connectivity index (χ1n) is 7.17. The van der Waals surface area contributed by atoms with Crippen LogP contribution in [0, 0.1) is 0 Å². The Bertz CT molecular complexity index is 956. The summed E-state index contributed by atoms with van der Waals surface area (Å²) in [6.45, 7) is 0. The quantitative estimate of drug-likeness (QED) is 0.365. The van der Waals surface area contributed by atoms with Crippen molar-refractivity contribution in [2.75, 3.05) is 7.11 Å². The molecule has 24 heavy (non-hydrogen) atoms. The van der Waals surface area contributed by atoms with Crippen molar-refractivity contribution in [1.29, 1.82) is 0 Å². The van der Waals surface area contributed by atoms with Crippen molar-refractivity contribution in [2.24, 2.45) is 0 Å². The van der Waals surface area contributed by atoms with E-state index < -0.39 is 5.97 Å². The van der Waals surface area contributed by atoms with E-state index in [1.807, 2.05) is 24.3 Å². The molecule has 3 nitrogen and oxygen atoms in total. The van der Waals surface area contributed by atoms with Gasteiger partial charge in [-0.05, 0) is 53.4 Å². The lowest BCUT2D eigenvalue weighted by Crippen LogP contribution is -1.99. The Morgan fingerprint density at radius 1 is 1.12 bits per heavy atom. The first-order chi connectivity index (χ1) is 11.6. The van der Waals surface area contributed by atoms with Crippen LogP contribution in [0.4, 0.5) is 0 Å². The maximum atomic E-state index is 12.4. The van der Waals surface area contributed by atoms with Gasteiger partial charge in [-0.2, -0.15) is 0 Å². The number of allylic oxidation sites excluding steroid dienone is 1. The summed E-state index contributed by atoms with van der Waals surface area (Å²) < 4.78 is 5.65. The minimum atomic E-state index is -0.394. The van der Waals surface area contributed by atoms with E-state index in [1.165, 1.54) is 24.5 Å². The molecule has 0 saturated heterocycles. The van der Waals surface area contributed by atoms with Gasteiger partial charge in [-0.15, -0.1) is 11.3 Å². The van der Waals surface area contributed by atoms with Crippen molar-refractivity contribution < 1.29 is 14.3 Å². The van der Waals surface area contributed by atoms with Crippen molar-refractivity contribution in [1.82, 2.24) is 0 Å². The highest BCUT2D eigenvalue weighted by Crippen LogP contribution is 2.28. The number of methoxy groups -OCH3 is 1. The van der Waals surface area contributed by atoms with Crippen LogP contribution in [-0.4, -0.2) is 18.9 Å². The Hall–Kier alpha value is -2.43. The normalized spacial score (nSPS) is 11.1. The SMILES string of the molecule is COC(=O)c1ccc2sc(C(=O)C=Cc3ccccc3Cl)cc2c1. The molecule has 0 spiro atoms. The van der Waals surface area contributed by atoms with Crippen molar-refractivity contribution in [3.63, 3.8) is 0 Å². The molecule has 3 aromatic rings. The zero-order valence-corrected chi connectivity index (χ0v) is 14.4. The molecule has 0 aliphatic heterocycles. The summed E-state index contributed by atoms with van der Waals surface area (Å²) in [5.41, 5.74) is 1.26. The van der Waals surface area contributed by atoms with Crippen LogP contribution in [0.5, 0.6) is 0 Å². The van der Waals surface area contributed by atoms with E-state index in [-0.39, 0.29) is 5.78 Å². The molecule has 1 heterocycles. The van der Waals surface area contributed by atoms with Crippen LogP contribution in [0.15, 0.2) is 54.6 Å². The van der Waals surface area contributed by atoms with Crippen LogP contribution in [0.2, 0.25) is 5.02 Å². The largest absolute Gasteiger partial charge is 0.465 e. The molecule has 3 rings (SSSR count). The molecule has 0 amide bonds. The summed E-state index contributed by atoms with van der Waals surface area (Å²) in [5, 5.41) is 1.44. The lowest BCUT2D eigenvalue weighted by atomic mass is 10.1. The second-order valence-corrected chi connectivity index (χ2v) is 6.56. The summed E-state index contributed by atoms with van der Waals surface area (Å²) >= 11 is 7.46. The molecule has 5 heteroatoms. The van der Waals surface area contributed by atoms with E-state index in [9.17, 15) is 9.59 Å². The van der Waals surface area contributed by atoms with Crippen LogP contribution in [0.3, 0.4) is 0 Å². The number of ether oxygens (including phenoxy) is 1. The second-order valence-electron chi connectivity index (χ2n) is 5.07. The number of benzene rings is 2. The van der Waals surface area contributed by atoms with E-state index >= 15 is 0 Å². The number of ketones is 1. The van der Waals surface area contributed by atoms with Crippen molar-refractivity contribution >= 4 is 50.9 Å². The minimum absolute atomic E-state index is 0.101. The fraction of sp³-hybridized carbons (Fsp3) is 0.0526. The van der Waals surface area contributed by atoms with E-state index in [2.05, 4.69) is 0 Å². The van der Waals surface area contributed by atoms with Gasteiger partial charge in [0.1, 0.15) is 0 Å². The highest BCUT2D eigenvalue weighted by atomic mass is 35.5. The van der Waals surface area contributed by atoms with Crippen molar-refractivity contribution in [3.05, 3.63) is 75.6 Å². The first-order valence-corrected chi connectivity index (χ1v) is 8.37. The fourth-order valence-electron chi connectivity index (χ4n) is 2.27. The molecule has 0 N–H and O–H groups in total. The van der Waals surface area contributed by atoms with Gasteiger partial charge in [0, 0.05) is 9.72 Å². The maximum Gasteiger partial charge on any atom is 0.337 e. The molecule has 0 bridgehead atoms. The molecular formula is C19H13ClO3S. The Labute approximate surface area is 148 Å². The third kappa shape index (κ3) is 3.40. The number of halogens is 1. The number of hydrogen-bond donors (Lipinski definition) is 0. The van der Waals surface area contributed by atoms with Gasteiger partial charge in [0.2, 0.25) is 0 Å². The minimum Gasteiger partial charge on any atom is -0.465 e. The lowest BCUT2D eigenvalue weighted by Gasteiger charge is -1.97. The van der Waals surface area contributed by atoms with Crippen LogP contribution in [0.25, 0.3) is 16.2 Å². The smallest absolute Gasteiger partial charge is 0.337 e. The fourth-order valence-corrected chi connectivity index (χ4v) is 3.43. The van der Waals surface area contributed by atoms with Crippen LogP contribution >= 0.6 is 22.9 Å². The summed E-state index contributed by atoms with van der Waals surface area (Å²) in [5.74, 6) is -0.495. The standard InChI is InChI=1S/C19H13ClO3S/c1-23-19(22)13-7-9-17-14(10-13)11-18(24-17)16(21)8-6-12-4-2-3-5-15(12)20/h2-11H,1H3. The highest BCUT2D eigenvalue weighted by molar-refractivity contribution is 7.21. The molecule has 2 aromatic carbocycles. The van der Waals surface area contributed by atoms with Gasteiger partial charge < -0.3 is 4.74 Å². The molecule has 0 aliphatic carbocycles. The predicted octanol–water partition coefficient (Wildman–Crippen LogP) is 5.24. The van der Waals surface area contributed by atoms with E-state index in [1.54, 1.807) is 30.3 Å². The molecule has 0 unspecified atom stereocenters. The number of carbonyl (C=O) groups excluding carboxylic acids is 2.